The lowest BCUT2D eigenvalue weighted by Gasteiger charge is -2.30. The molecule has 2 aromatic heterocycles. The van der Waals surface area contributed by atoms with E-state index in [9.17, 15) is 18.0 Å². The summed E-state index contributed by atoms with van der Waals surface area (Å²) < 4.78 is 52.9. The van der Waals surface area contributed by atoms with Crippen molar-refractivity contribution in [3.8, 4) is 5.75 Å². The third-order valence-corrected chi connectivity index (χ3v) is 6.32. The van der Waals surface area contributed by atoms with Crippen LogP contribution in [-0.2, 0) is 4.74 Å². The number of aromatic nitrogens is 2. The Labute approximate surface area is 230 Å². The van der Waals surface area contributed by atoms with Gasteiger partial charge < -0.3 is 14.8 Å². The lowest BCUT2D eigenvalue weighted by Crippen LogP contribution is -2.42. The van der Waals surface area contributed by atoms with Crippen molar-refractivity contribution in [3.63, 3.8) is 0 Å². The van der Waals surface area contributed by atoms with E-state index in [0.29, 0.717) is 12.1 Å². The van der Waals surface area contributed by atoms with Crippen LogP contribution in [0.2, 0.25) is 0 Å². The van der Waals surface area contributed by atoms with Crippen LogP contribution in [0.5, 0.6) is 5.75 Å². The first kappa shape index (κ1) is 29.1. The number of pyridine rings is 2. The van der Waals surface area contributed by atoms with Gasteiger partial charge in [-0.1, -0.05) is 12.1 Å². The summed E-state index contributed by atoms with van der Waals surface area (Å²) >= 11 is 0. The van der Waals surface area contributed by atoms with Crippen molar-refractivity contribution in [2.24, 2.45) is 5.10 Å². The molecule has 0 unspecified atom stereocenters. The Bertz CT molecular complexity index is 1370. The summed E-state index contributed by atoms with van der Waals surface area (Å²) in [6.07, 6.45) is -2.11. The highest BCUT2D eigenvalue weighted by atomic mass is 19.4. The summed E-state index contributed by atoms with van der Waals surface area (Å²) in [5, 5.41) is 7.75. The summed E-state index contributed by atoms with van der Waals surface area (Å²) in [7, 11) is 1.60. The summed E-state index contributed by atoms with van der Waals surface area (Å²) in [6.45, 7) is 7.34. The van der Waals surface area contributed by atoms with Crippen LogP contribution in [0.4, 0.5) is 23.8 Å². The molecular formula is C28H33F3N6O3. The van der Waals surface area contributed by atoms with E-state index < -0.39 is 30.0 Å². The van der Waals surface area contributed by atoms with Crippen molar-refractivity contribution in [3.05, 3.63) is 59.4 Å². The van der Waals surface area contributed by atoms with Gasteiger partial charge in [0.1, 0.15) is 23.2 Å². The Balaban J connectivity index is 1.40. The Hall–Kier alpha value is -3.93. The molecule has 1 aliphatic rings. The number of nitrogens with zero attached hydrogens (tertiary/aromatic N) is 4. The number of carbonyl (C=O) groups excluding carboxylic acids is 1. The second-order valence-corrected chi connectivity index (χ2v) is 10.7. The van der Waals surface area contributed by atoms with Crippen molar-refractivity contribution in [2.45, 2.75) is 58.0 Å². The van der Waals surface area contributed by atoms with Gasteiger partial charge in [0.2, 0.25) is 0 Å². The normalized spacial score (nSPS) is 17.2. The standard InChI is InChI=1S/C28H33F3N6O3/c1-17-12-18-6-8-20(34-22(18)13-23(17)39-5)15-33-36-24-9-7-19(14-32-24)25(28(29,30)31)37-11-10-21(16-37)35-26(38)40-27(2,3)4/h6-9,12-15,21,25H,10-11,16H2,1-5H3,(H,32,36)(H,35,38)/b33-15-/t21-,25+/m0/s1. The first-order valence-corrected chi connectivity index (χ1v) is 12.8. The maximum absolute atomic E-state index is 14.1. The number of ether oxygens (including phenoxy) is 2. The highest BCUT2D eigenvalue weighted by Gasteiger charge is 2.47. The van der Waals surface area contributed by atoms with E-state index in [1.807, 2.05) is 31.2 Å². The van der Waals surface area contributed by atoms with Gasteiger partial charge >= 0.3 is 12.3 Å². The number of amides is 1. The molecule has 0 aliphatic carbocycles. The number of benzene rings is 1. The SMILES string of the molecule is COc1cc2nc(/C=N\Nc3ccc([C@@H](N4CC[C@H](NC(=O)OC(C)(C)C)C4)C(F)(F)F)cn3)ccc2cc1C. The van der Waals surface area contributed by atoms with Crippen LogP contribution in [0.15, 0.2) is 47.7 Å². The van der Waals surface area contributed by atoms with Crippen LogP contribution in [0.1, 0.15) is 50.1 Å². The number of likely N-dealkylation sites (tertiary alicyclic amines) is 1. The van der Waals surface area contributed by atoms with Crippen LogP contribution in [0.3, 0.4) is 0 Å². The number of methoxy groups -OCH3 is 1. The van der Waals surface area contributed by atoms with Gasteiger partial charge in [-0.3, -0.25) is 10.3 Å². The molecule has 1 aliphatic heterocycles. The second-order valence-electron chi connectivity index (χ2n) is 10.7. The molecule has 0 bridgehead atoms. The zero-order valence-corrected chi connectivity index (χ0v) is 23.0. The first-order chi connectivity index (χ1) is 18.8. The Morgan fingerprint density at radius 3 is 2.62 bits per heavy atom. The zero-order valence-electron chi connectivity index (χ0n) is 23.0. The minimum absolute atomic E-state index is 0.000356. The van der Waals surface area contributed by atoms with Crippen molar-refractivity contribution in [1.82, 2.24) is 20.2 Å². The smallest absolute Gasteiger partial charge is 0.408 e. The molecule has 1 aromatic carbocycles. The van der Waals surface area contributed by atoms with Gasteiger partial charge in [-0.05, 0) is 63.4 Å². The van der Waals surface area contributed by atoms with E-state index in [0.717, 1.165) is 22.2 Å². The molecule has 3 aromatic rings. The number of halogens is 3. The number of carbonyl (C=O) groups is 1. The number of nitrogens with one attached hydrogen (secondary N) is 2. The molecule has 1 saturated heterocycles. The molecule has 1 fully saturated rings. The molecule has 1 amide bonds. The fraction of sp³-hybridized carbons (Fsp3) is 0.429. The fourth-order valence-corrected chi connectivity index (χ4v) is 4.59. The van der Waals surface area contributed by atoms with E-state index in [1.165, 1.54) is 29.4 Å². The minimum atomic E-state index is -4.53. The van der Waals surface area contributed by atoms with Crippen molar-refractivity contribution in [2.75, 3.05) is 25.6 Å². The molecule has 12 heteroatoms. The number of hydrazone groups is 1. The molecule has 40 heavy (non-hydrogen) atoms. The molecular weight excluding hydrogens is 525 g/mol. The third-order valence-electron chi connectivity index (χ3n) is 6.32. The van der Waals surface area contributed by atoms with Crippen molar-refractivity contribution < 1.29 is 27.4 Å². The van der Waals surface area contributed by atoms with E-state index in [-0.39, 0.29) is 24.5 Å². The number of alkyl halides is 3. The number of anilines is 1. The average molecular weight is 559 g/mol. The average Bonchev–Trinajstić information content (AvgIpc) is 3.30. The highest BCUT2D eigenvalue weighted by molar-refractivity contribution is 5.86. The number of alkyl carbamates (subject to hydrolysis) is 1. The lowest BCUT2D eigenvalue weighted by atomic mass is 10.1. The van der Waals surface area contributed by atoms with Gasteiger partial charge in [-0.2, -0.15) is 18.3 Å². The van der Waals surface area contributed by atoms with Crippen molar-refractivity contribution in [1.29, 1.82) is 0 Å². The largest absolute Gasteiger partial charge is 0.496 e. The van der Waals surface area contributed by atoms with Crippen LogP contribution in [0.25, 0.3) is 10.9 Å². The molecule has 3 heterocycles. The number of rotatable bonds is 7. The van der Waals surface area contributed by atoms with Gasteiger partial charge in [-0.15, -0.1) is 0 Å². The van der Waals surface area contributed by atoms with Crippen LogP contribution < -0.4 is 15.5 Å². The molecule has 9 nitrogen and oxygen atoms in total. The Kier molecular flexibility index (Phi) is 8.48. The molecule has 0 radical (unpaired) electrons. The van der Waals surface area contributed by atoms with E-state index in [1.54, 1.807) is 27.9 Å². The van der Waals surface area contributed by atoms with Gasteiger partial charge in [0.15, 0.2) is 0 Å². The first-order valence-electron chi connectivity index (χ1n) is 12.8. The predicted octanol–water partition coefficient (Wildman–Crippen LogP) is 5.60. The van der Waals surface area contributed by atoms with Gasteiger partial charge in [-0.25, -0.2) is 14.8 Å². The quantitative estimate of drug-likeness (QED) is 0.288. The Morgan fingerprint density at radius 2 is 1.98 bits per heavy atom. The number of hydrogen-bond donors (Lipinski definition) is 2. The molecule has 4 rings (SSSR count). The molecule has 2 N–H and O–H groups in total. The molecule has 214 valence electrons. The number of aryl methyl sites for hydroxylation is 1. The zero-order chi connectivity index (χ0) is 29.1. The lowest BCUT2D eigenvalue weighted by molar-refractivity contribution is -0.183. The summed E-state index contributed by atoms with van der Waals surface area (Å²) in [6, 6.07) is 8.09. The highest BCUT2D eigenvalue weighted by Crippen LogP contribution is 2.39. The molecule has 0 saturated carbocycles. The fourth-order valence-electron chi connectivity index (χ4n) is 4.59. The number of hydrogen-bond acceptors (Lipinski definition) is 8. The molecule has 0 spiro atoms. The Morgan fingerprint density at radius 1 is 1.20 bits per heavy atom. The van der Waals surface area contributed by atoms with Gasteiger partial charge in [0.05, 0.1) is 24.5 Å². The van der Waals surface area contributed by atoms with Crippen LogP contribution >= 0.6 is 0 Å². The maximum atomic E-state index is 14.1. The van der Waals surface area contributed by atoms with Crippen molar-refractivity contribution >= 4 is 29.0 Å². The van der Waals surface area contributed by atoms with Gasteiger partial charge in [0.25, 0.3) is 0 Å². The van der Waals surface area contributed by atoms with E-state index in [4.69, 9.17) is 9.47 Å². The topological polar surface area (TPSA) is 101 Å². The maximum Gasteiger partial charge on any atom is 0.408 e. The third kappa shape index (κ3) is 7.38. The summed E-state index contributed by atoms with van der Waals surface area (Å²) in [5.41, 5.74) is 4.38. The monoisotopic (exact) mass is 558 g/mol. The van der Waals surface area contributed by atoms with Crippen LogP contribution in [0, 0.1) is 6.92 Å². The van der Waals surface area contributed by atoms with Gasteiger partial charge in [0, 0.05) is 36.8 Å². The number of fused-ring (bicyclic) bond motifs is 1. The molecule has 2 atom stereocenters. The summed E-state index contributed by atoms with van der Waals surface area (Å²) in [4.78, 5) is 22.0. The van der Waals surface area contributed by atoms with E-state index >= 15 is 0 Å². The summed E-state index contributed by atoms with van der Waals surface area (Å²) in [5.74, 6) is 1.02. The van der Waals surface area contributed by atoms with E-state index in [2.05, 4.69) is 25.8 Å². The second kappa shape index (κ2) is 11.7. The predicted molar refractivity (Wildman–Crippen MR) is 147 cm³/mol. The minimum Gasteiger partial charge on any atom is -0.496 e. The van der Waals surface area contributed by atoms with Crippen LogP contribution in [-0.4, -0.2) is 65.2 Å².